The Bertz CT molecular complexity index is 636. The number of carbonyl (C=O) groups is 3. The summed E-state index contributed by atoms with van der Waals surface area (Å²) in [6.07, 6.45) is 7.11. The molecular weight excluding hydrogens is 408 g/mol. The van der Waals surface area contributed by atoms with Crippen LogP contribution < -0.4 is 10.6 Å². The number of nitrogens with one attached hydrogen (secondary N) is 2. The van der Waals surface area contributed by atoms with Crippen molar-refractivity contribution < 1.29 is 19.1 Å². The highest BCUT2D eigenvalue weighted by Gasteiger charge is 2.34. The lowest BCUT2D eigenvalue weighted by Gasteiger charge is -2.33. The van der Waals surface area contributed by atoms with Crippen molar-refractivity contribution in [1.29, 1.82) is 0 Å². The van der Waals surface area contributed by atoms with Crippen LogP contribution in [0.5, 0.6) is 0 Å². The molecule has 2 N–H and O–H groups in total. The molecule has 0 aromatic carbocycles. The van der Waals surface area contributed by atoms with E-state index in [0.29, 0.717) is 13.2 Å². The smallest absolute Gasteiger partial charge is 0.248 e. The first-order chi connectivity index (χ1) is 15.1. The van der Waals surface area contributed by atoms with Crippen molar-refractivity contribution in [2.24, 2.45) is 5.41 Å². The van der Waals surface area contributed by atoms with Crippen LogP contribution in [0, 0.1) is 5.41 Å². The summed E-state index contributed by atoms with van der Waals surface area (Å²) >= 11 is 0. The van der Waals surface area contributed by atoms with Gasteiger partial charge in [-0.05, 0) is 43.7 Å². The minimum absolute atomic E-state index is 0.0509. The number of unbranched alkanes of at least 4 members (excludes halogenated alkanes) is 1. The molecule has 3 amide bonds. The van der Waals surface area contributed by atoms with Gasteiger partial charge < -0.3 is 25.2 Å². The van der Waals surface area contributed by atoms with Gasteiger partial charge in [-0.1, -0.05) is 40.2 Å². The molecule has 8 nitrogen and oxygen atoms in total. The molecule has 0 radical (unpaired) electrons. The Kier molecular flexibility index (Phi) is 12.5. The van der Waals surface area contributed by atoms with Crippen LogP contribution in [0.1, 0.15) is 59.8 Å². The first-order valence-corrected chi connectivity index (χ1v) is 11.8. The quantitative estimate of drug-likeness (QED) is 0.417. The molecule has 0 aromatic heterocycles. The maximum absolute atomic E-state index is 13.1. The third-order valence-electron chi connectivity index (χ3n) is 5.61. The Morgan fingerprint density at radius 3 is 2.38 bits per heavy atom. The van der Waals surface area contributed by atoms with Crippen molar-refractivity contribution >= 4 is 17.7 Å². The Morgan fingerprint density at radius 1 is 1.16 bits per heavy atom. The van der Waals surface area contributed by atoms with E-state index < -0.39 is 11.5 Å². The second kappa shape index (κ2) is 14.3. The van der Waals surface area contributed by atoms with E-state index in [9.17, 15) is 14.4 Å². The second-order valence-corrected chi connectivity index (χ2v) is 9.66. The molecule has 32 heavy (non-hydrogen) atoms. The maximum Gasteiger partial charge on any atom is 0.248 e. The van der Waals surface area contributed by atoms with E-state index in [2.05, 4.69) is 17.6 Å². The third-order valence-corrected chi connectivity index (χ3v) is 5.61. The fourth-order valence-corrected chi connectivity index (χ4v) is 3.56. The molecule has 1 aliphatic heterocycles. The molecule has 0 spiro atoms. The summed E-state index contributed by atoms with van der Waals surface area (Å²) in [5, 5.41) is 5.66. The number of hydrogen-bond donors (Lipinski definition) is 2. The van der Waals surface area contributed by atoms with Crippen LogP contribution in [0.3, 0.4) is 0 Å². The standard InChI is InChI=1S/C24H44N4O4/c1-7-8-11-19(17-32-18-21(30)28-13-9-10-14-28)12-15-27(6)23(31)22(24(2,3)4)26-20(29)16-25-5/h12,22,25H,7-11,13-18H2,1-6H3,(H,26,29)/b19-12+. The van der Waals surface area contributed by atoms with Crippen LogP contribution in [0.15, 0.2) is 11.6 Å². The van der Waals surface area contributed by atoms with Crippen molar-refractivity contribution in [2.45, 2.75) is 65.8 Å². The van der Waals surface area contributed by atoms with Crippen LogP contribution in [0.25, 0.3) is 0 Å². The average Bonchev–Trinajstić information content (AvgIpc) is 3.27. The normalized spacial score (nSPS) is 15.6. The van der Waals surface area contributed by atoms with Crippen molar-refractivity contribution in [3.63, 3.8) is 0 Å². The molecule has 0 bridgehead atoms. The summed E-state index contributed by atoms with van der Waals surface area (Å²) in [4.78, 5) is 40.8. The zero-order valence-electron chi connectivity index (χ0n) is 21.0. The predicted octanol–water partition coefficient (Wildman–Crippen LogP) is 1.95. The molecule has 0 aliphatic carbocycles. The largest absolute Gasteiger partial charge is 0.367 e. The number of carbonyl (C=O) groups excluding carboxylic acids is 3. The summed E-state index contributed by atoms with van der Waals surface area (Å²) in [6, 6.07) is -0.616. The van der Waals surface area contributed by atoms with Crippen molar-refractivity contribution in [1.82, 2.24) is 20.4 Å². The van der Waals surface area contributed by atoms with Crippen molar-refractivity contribution in [3.05, 3.63) is 11.6 Å². The lowest BCUT2D eigenvalue weighted by molar-refractivity contribution is -0.137. The van der Waals surface area contributed by atoms with Gasteiger partial charge in [0.25, 0.3) is 0 Å². The summed E-state index contributed by atoms with van der Waals surface area (Å²) in [5.41, 5.74) is 0.676. The van der Waals surface area contributed by atoms with Gasteiger partial charge in [-0.3, -0.25) is 14.4 Å². The fourth-order valence-electron chi connectivity index (χ4n) is 3.56. The zero-order valence-corrected chi connectivity index (χ0v) is 21.0. The van der Waals surface area contributed by atoms with Gasteiger partial charge in [0.1, 0.15) is 12.6 Å². The lowest BCUT2D eigenvalue weighted by Crippen LogP contribution is -2.55. The summed E-state index contributed by atoms with van der Waals surface area (Å²) < 4.78 is 5.71. The predicted molar refractivity (Wildman–Crippen MR) is 127 cm³/mol. The maximum atomic E-state index is 13.1. The average molecular weight is 453 g/mol. The Labute approximate surface area is 194 Å². The van der Waals surface area contributed by atoms with E-state index in [1.807, 2.05) is 31.7 Å². The number of amides is 3. The Morgan fingerprint density at radius 2 is 1.81 bits per heavy atom. The third kappa shape index (κ3) is 10.1. The van der Waals surface area contributed by atoms with Gasteiger partial charge in [-0.25, -0.2) is 0 Å². The summed E-state index contributed by atoms with van der Waals surface area (Å²) in [5.74, 6) is -0.280. The van der Waals surface area contributed by atoms with E-state index in [1.165, 1.54) is 0 Å². The highest BCUT2D eigenvalue weighted by atomic mass is 16.5. The van der Waals surface area contributed by atoms with Gasteiger partial charge >= 0.3 is 0 Å². The van der Waals surface area contributed by atoms with Crippen LogP contribution in [-0.4, -0.2) is 87.1 Å². The van der Waals surface area contributed by atoms with E-state index >= 15 is 0 Å². The highest BCUT2D eigenvalue weighted by Crippen LogP contribution is 2.21. The number of hydrogen-bond acceptors (Lipinski definition) is 5. The SMILES string of the molecule is CCCC/C(=C\CN(C)C(=O)C(NC(=O)CNC)C(C)(C)C)COCC(=O)N1CCCC1. The van der Waals surface area contributed by atoms with Crippen LogP contribution in [0.4, 0.5) is 0 Å². The highest BCUT2D eigenvalue weighted by molar-refractivity contribution is 5.89. The van der Waals surface area contributed by atoms with Gasteiger partial charge in [0, 0.05) is 26.7 Å². The summed E-state index contributed by atoms with van der Waals surface area (Å²) in [6.45, 7) is 10.7. The van der Waals surface area contributed by atoms with Crippen LogP contribution >= 0.6 is 0 Å². The van der Waals surface area contributed by atoms with Crippen LogP contribution in [-0.2, 0) is 19.1 Å². The van der Waals surface area contributed by atoms with Crippen molar-refractivity contribution in [2.75, 3.05) is 53.5 Å². The molecule has 1 fully saturated rings. The number of ether oxygens (including phenoxy) is 1. The Hall–Kier alpha value is -1.93. The number of rotatable bonds is 13. The molecule has 0 aromatic rings. The number of likely N-dealkylation sites (tertiary alicyclic amines) is 1. The Balaban J connectivity index is 2.69. The van der Waals surface area contributed by atoms with E-state index in [0.717, 1.165) is 50.8 Å². The molecule has 1 heterocycles. The summed E-state index contributed by atoms with van der Waals surface area (Å²) in [7, 11) is 3.44. The molecule has 1 rings (SSSR count). The molecule has 1 unspecified atom stereocenters. The van der Waals surface area contributed by atoms with Gasteiger partial charge in [-0.15, -0.1) is 0 Å². The van der Waals surface area contributed by atoms with Crippen LogP contribution in [0.2, 0.25) is 0 Å². The lowest BCUT2D eigenvalue weighted by atomic mass is 9.85. The molecule has 8 heteroatoms. The first-order valence-electron chi connectivity index (χ1n) is 11.8. The van der Waals surface area contributed by atoms with Gasteiger partial charge in [-0.2, -0.15) is 0 Å². The fraction of sp³-hybridized carbons (Fsp3) is 0.792. The number of nitrogens with zero attached hydrogens (tertiary/aromatic N) is 2. The first kappa shape index (κ1) is 28.1. The van der Waals surface area contributed by atoms with E-state index in [1.54, 1.807) is 19.0 Å². The van der Waals surface area contributed by atoms with E-state index in [4.69, 9.17) is 4.74 Å². The van der Waals surface area contributed by atoms with Crippen molar-refractivity contribution in [3.8, 4) is 0 Å². The molecule has 0 saturated carbocycles. The number of likely N-dealkylation sites (N-methyl/N-ethyl adjacent to an activating group) is 2. The van der Waals surface area contributed by atoms with Gasteiger partial charge in [0.2, 0.25) is 17.7 Å². The molecular formula is C24H44N4O4. The second-order valence-electron chi connectivity index (χ2n) is 9.66. The monoisotopic (exact) mass is 452 g/mol. The zero-order chi connectivity index (χ0) is 24.1. The van der Waals surface area contributed by atoms with E-state index in [-0.39, 0.29) is 30.9 Å². The molecule has 1 saturated heterocycles. The molecule has 184 valence electrons. The topological polar surface area (TPSA) is 91.0 Å². The minimum Gasteiger partial charge on any atom is -0.367 e. The van der Waals surface area contributed by atoms with Gasteiger partial charge in [0.05, 0.1) is 13.2 Å². The van der Waals surface area contributed by atoms with Gasteiger partial charge in [0.15, 0.2) is 0 Å². The minimum atomic E-state index is -0.616. The molecule has 1 aliphatic rings. The molecule has 1 atom stereocenters.